The highest BCUT2D eigenvalue weighted by molar-refractivity contribution is 6.25. The number of fused-ring (bicyclic) bond motifs is 6. The monoisotopic (exact) mass is 556 g/mol. The maximum Gasteiger partial charge on any atom is 0.255 e. The predicted molar refractivity (Wildman–Crippen MR) is 140 cm³/mol. The molecule has 2 heterocycles. The second-order valence-electron chi connectivity index (χ2n) is 12.0. The lowest BCUT2D eigenvalue weighted by Crippen LogP contribution is -2.64. The second-order valence-corrected chi connectivity index (χ2v) is 12.0. The Morgan fingerprint density at radius 3 is 2.60 bits per heavy atom. The zero-order valence-corrected chi connectivity index (χ0v) is 22.4. The maximum atomic E-state index is 16.4. The molecule has 0 aromatic heterocycles. The van der Waals surface area contributed by atoms with Gasteiger partial charge in [0.2, 0.25) is 5.78 Å². The van der Waals surface area contributed by atoms with Gasteiger partial charge in [-0.05, 0) is 44.7 Å². The van der Waals surface area contributed by atoms with E-state index >= 15 is 4.39 Å². The number of ketones is 2. The summed E-state index contributed by atoms with van der Waals surface area (Å²) < 4.78 is 16.4. The number of benzene rings is 1. The van der Waals surface area contributed by atoms with Crippen LogP contribution in [0.3, 0.4) is 0 Å². The Hall–Kier alpha value is -3.48. The van der Waals surface area contributed by atoms with Crippen molar-refractivity contribution in [3.8, 4) is 5.75 Å². The summed E-state index contributed by atoms with van der Waals surface area (Å²) in [5, 5.41) is 51.5. The van der Waals surface area contributed by atoms with Crippen LogP contribution in [0.1, 0.15) is 54.2 Å². The van der Waals surface area contributed by atoms with Gasteiger partial charge in [-0.15, -0.1) is 0 Å². The molecule has 40 heavy (non-hydrogen) atoms. The number of carbonyl (C=O) groups excluding carboxylic acids is 3. The second kappa shape index (κ2) is 8.76. The van der Waals surface area contributed by atoms with Crippen LogP contribution in [0.4, 0.5) is 10.1 Å². The van der Waals surface area contributed by atoms with Crippen LogP contribution < -0.4 is 16.4 Å². The van der Waals surface area contributed by atoms with Gasteiger partial charge < -0.3 is 36.8 Å². The van der Waals surface area contributed by atoms with Gasteiger partial charge in [-0.25, -0.2) is 4.39 Å². The molecule has 2 unspecified atom stereocenters. The van der Waals surface area contributed by atoms with Crippen molar-refractivity contribution in [2.75, 3.05) is 25.5 Å². The molecule has 1 aromatic rings. The normalized spacial score (nSPS) is 33.3. The van der Waals surface area contributed by atoms with E-state index in [1.165, 1.54) is 0 Å². The molecular weight excluding hydrogens is 523 g/mol. The summed E-state index contributed by atoms with van der Waals surface area (Å²) >= 11 is 0. The number of nitrogens with two attached hydrogens (primary N) is 1. The molecule has 2 aliphatic heterocycles. The number of primary amides is 1. The minimum atomic E-state index is -2.75. The third kappa shape index (κ3) is 3.29. The molecule has 11 nitrogen and oxygen atoms in total. The van der Waals surface area contributed by atoms with E-state index in [9.17, 15) is 34.8 Å². The number of halogens is 1. The summed E-state index contributed by atoms with van der Waals surface area (Å²) in [6.07, 6.45) is 0.668. The summed E-state index contributed by atoms with van der Waals surface area (Å²) in [7, 11) is 1.89. The SMILES string of the molecule is CC(C)N[C@@H]1C(O)=C(C(N)=O)C(=O)[C@@]2(O)C(O)=C3C(=O)c4c(O)c5c(c(F)c4C[C@H]3C[C@@H]12)C1C(CCN1C)CN5. The minimum absolute atomic E-state index is 0.0177. The number of nitrogens with one attached hydrogen (secondary N) is 2. The first kappa shape index (κ1) is 26.7. The zero-order valence-electron chi connectivity index (χ0n) is 22.4. The van der Waals surface area contributed by atoms with Crippen molar-refractivity contribution in [2.45, 2.75) is 56.8 Å². The lowest BCUT2D eigenvalue weighted by Gasteiger charge is -2.49. The van der Waals surface area contributed by atoms with E-state index in [0.717, 1.165) is 13.0 Å². The summed E-state index contributed by atoms with van der Waals surface area (Å²) in [6.45, 7) is 4.75. The molecule has 12 heteroatoms. The van der Waals surface area contributed by atoms with E-state index < -0.39 is 69.6 Å². The Morgan fingerprint density at radius 2 is 1.95 bits per heavy atom. The Labute approximate surface area is 229 Å². The van der Waals surface area contributed by atoms with Gasteiger partial charge in [0.1, 0.15) is 22.9 Å². The van der Waals surface area contributed by atoms with E-state index in [4.69, 9.17) is 5.73 Å². The maximum absolute atomic E-state index is 16.4. The number of phenols is 1. The summed E-state index contributed by atoms with van der Waals surface area (Å²) in [6, 6.07) is -1.72. The van der Waals surface area contributed by atoms with E-state index in [-0.39, 0.29) is 53.2 Å². The van der Waals surface area contributed by atoms with Crippen molar-refractivity contribution in [1.29, 1.82) is 0 Å². The molecule has 6 atom stereocenters. The number of aliphatic hydroxyl groups is 3. The number of amides is 1. The van der Waals surface area contributed by atoms with Crippen LogP contribution in [0.15, 0.2) is 22.7 Å². The summed E-state index contributed by atoms with van der Waals surface area (Å²) in [5.41, 5.74) is 1.56. The Morgan fingerprint density at radius 1 is 1.25 bits per heavy atom. The quantitative estimate of drug-likeness (QED) is 0.210. The number of likely N-dealkylation sites (tertiary alicyclic amines) is 1. The smallest absolute Gasteiger partial charge is 0.255 e. The molecule has 1 saturated heterocycles. The Balaban J connectivity index is 1.53. The van der Waals surface area contributed by atoms with Gasteiger partial charge in [0.05, 0.1) is 17.3 Å². The van der Waals surface area contributed by atoms with Crippen LogP contribution in [0.5, 0.6) is 5.75 Å². The topological polar surface area (TPSA) is 185 Å². The van der Waals surface area contributed by atoms with Crippen molar-refractivity contribution < 1.29 is 39.2 Å². The number of hydrogen-bond acceptors (Lipinski definition) is 10. The zero-order chi connectivity index (χ0) is 29.0. The fourth-order valence-electron chi connectivity index (χ4n) is 7.73. The molecule has 5 aliphatic rings. The first-order valence-electron chi connectivity index (χ1n) is 13.6. The molecule has 1 amide bonds. The molecule has 1 aromatic carbocycles. The first-order valence-corrected chi connectivity index (χ1v) is 13.6. The van der Waals surface area contributed by atoms with Crippen molar-refractivity contribution in [1.82, 2.24) is 10.2 Å². The van der Waals surface area contributed by atoms with Gasteiger partial charge in [-0.3, -0.25) is 19.3 Å². The van der Waals surface area contributed by atoms with Gasteiger partial charge in [-0.1, -0.05) is 13.8 Å². The van der Waals surface area contributed by atoms with E-state index in [2.05, 4.69) is 10.6 Å². The largest absolute Gasteiger partial charge is 0.510 e. The number of aromatic hydroxyl groups is 1. The third-order valence-corrected chi connectivity index (χ3v) is 9.46. The molecule has 6 rings (SSSR count). The van der Waals surface area contributed by atoms with Crippen molar-refractivity contribution >= 4 is 23.2 Å². The summed E-state index contributed by atoms with van der Waals surface area (Å²) in [5.74, 6) is -8.07. The minimum Gasteiger partial charge on any atom is -0.510 e. The average Bonchev–Trinajstić information content (AvgIpc) is 3.27. The Kier molecular flexibility index (Phi) is 5.85. The lowest BCUT2D eigenvalue weighted by molar-refractivity contribution is -0.146. The van der Waals surface area contributed by atoms with Gasteiger partial charge in [-0.2, -0.15) is 0 Å². The fourth-order valence-corrected chi connectivity index (χ4v) is 7.73. The highest BCUT2D eigenvalue weighted by Crippen LogP contribution is 2.55. The van der Waals surface area contributed by atoms with Gasteiger partial charge >= 0.3 is 0 Å². The molecule has 214 valence electrons. The van der Waals surface area contributed by atoms with Crippen LogP contribution in [0.25, 0.3) is 0 Å². The van der Waals surface area contributed by atoms with Crippen LogP contribution in [-0.4, -0.2) is 80.6 Å². The molecule has 3 aliphatic carbocycles. The van der Waals surface area contributed by atoms with Crippen LogP contribution in [-0.2, 0) is 16.0 Å². The fraction of sp³-hybridized carbons (Fsp3) is 0.536. The number of nitrogens with zero attached hydrogens (tertiary/aromatic N) is 1. The van der Waals surface area contributed by atoms with Gasteiger partial charge in [0, 0.05) is 41.2 Å². The van der Waals surface area contributed by atoms with E-state index in [1.54, 1.807) is 13.8 Å². The van der Waals surface area contributed by atoms with Crippen molar-refractivity contribution in [3.05, 3.63) is 45.2 Å². The molecule has 0 radical (unpaired) electrons. The van der Waals surface area contributed by atoms with Gasteiger partial charge in [0.15, 0.2) is 17.1 Å². The van der Waals surface area contributed by atoms with Gasteiger partial charge in [0.25, 0.3) is 5.91 Å². The number of allylic oxidation sites excluding steroid dienone is 1. The van der Waals surface area contributed by atoms with Crippen molar-refractivity contribution in [3.63, 3.8) is 0 Å². The highest BCUT2D eigenvalue weighted by atomic mass is 19.1. The van der Waals surface area contributed by atoms with Crippen LogP contribution >= 0.6 is 0 Å². The number of phenolic OH excluding ortho intramolecular Hbond substituents is 1. The number of anilines is 1. The average molecular weight is 557 g/mol. The van der Waals surface area contributed by atoms with Crippen LogP contribution in [0.2, 0.25) is 0 Å². The third-order valence-electron chi connectivity index (χ3n) is 9.46. The molecule has 0 spiro atoms. The molecule has 1 fully saturated rings. The highest BCUT2D eigenvalue weighted by Gasteiger charge is 2.63. The van der Waals surface area contributed by atoms with E-state index in [1.807, 2.05) is 11.9 Å². The van der Waals surface area contributed by atoms with Crippen LogP contribution in [0, 0.1) is 23.6 Å². The lowest BCUT2D eigenvalue weighted by atomic mass is 9.58. The number of hydrogen-bond donors (Lipinski definition) is 7. The molecular formula is C28H33FN4O7. The molecule has 0 bridgehead atoms. The number of rotatable bonds is 3. The number of aliphatic hydroxyl groups excluding tert-OH is 2. The van der Waals surface area contributed by atoms with Crippen molar-refractivity contribution in [2.24, 2.45) is 23.5 Å². The first-order chi connectivity index (χ1) is 18.8. The Bertz CT molecular complexity index is 1450. The van der Waals surface area contributed by atoms with E-state index in [0.29, 0.717) is 12.1 Å². The molecule has 8 N–H and O–H groups in total. The number of Topliss-reactive ketones (excluding diaryl/α,β-unsaturated/α-hetero) is 2. The summed E-state index contributed by atoms with van der Waals surface area (Å²) in [4.78, 5) is 41.5. The standard InChI is InChI=1S/C28H33FN4O7/c1-9(2)32-19-13-7-11-6-12-15(23(35)20-16(18(12)29)21-10(8-31-20)4-5-33(21)3)22(34)14(11)25(37)28(13,40)26(38)17(24(19)36)27(30)39/h9-11,13,19,21,31-32,35-37,40H,4-8H2,1-3H3,(H2,30,39)/t10?,11-,13-,19-,21?,28-/m0/s1. The number of carbonyl (C=O) groups is 3. The predicted octanol–water partition coefficient (Wildman–Crippen LogP) is 1.11. The molecule has 0 saturated carbocycles.